The summed E-state index contributed by atoms with van der Waals surface area (Å²) in [5.41, 5.74) is 0.946. The van der Waals surface area contributed by atoms with Gasteiger partial charge in [0.2, 0.25) is 0 Å². The lowest BCUT2D eigenvalue weighted by Crippen LogP contribution is -1.96. The van der Waals surface area contributed by atoms with E-state index < -0.39 is 9.84 Å². The van der Waals surface area contributed by atoms with Gasteiger partial charge in [0, 0.05) is 10.3 Å². The van der Waals surface area contributed by atoms with E-state index in [-0.39, 0.29) is 5.75 Å². The summed E-state index contributed by atoms with van der Waals surface area (Å²) in [6, 6.07) is 7.73. The van der Waals surface area contributed by atoms with E-state index in [4.69, 9.17) is 0 Å². The number of sulfone groups is 1. The van der Waals surface area contributed by atoms with Crippen molar-refractivity contribution >= 4 is 27.7 Å². The standard InChI is InChI=1S/C11H14O2S2/c1-3-15(12,13)9-8-10-6-4-5-7-11(10)14-2/h4-9H,3H2,1-2H3/b9-8+. The smallest absolute Gasteiger partial charge is 0.171 e. The molecule has 0 radical (unpaired) electrons. The van der Waals surface area contributed by atoms with Crippen LogP contribution in [-0.4, -0.2) is 20.4 Å². The van der Waals surface area contributed by atoms with Gasteiger partial charge in [0.15, 0.2) is 9.84 Å². The van der Waals surface area contributed by atoms with Crippen LogP contribution in [-0.2, 0) is 9.84 Å². The summed E-state index contributed by atoms with van der Waals surface area (Å²) in [4.78, 5) is 1.08. The zero-order valence-corrected chi connectivity index (χ0v) is 10.4. The van der Waals surface area contributed by atoms with Crippen LogP contribution < -0.4 is 0 Å². The van der Waals surface area contributed by atoms with Crippen LogP contribution in [0.4, 0.5) is 0 Å². The minimum atomic E-state index is -3.03. The van der Waals surface area contributed by atoms with Gasteiger partial charge < -0.3 is 0 Å². The third kappa shape index (κ3) is 3.72. The van der Waals surface area contributed by atoms with Crippen molar-refractivity contribution in [2.45, 2.75) is 11.8 Å². The molecule has 0 fully saturated rings. The molecule has 1 aromatic carbocycles. The van der Waals surface area contributed by atoms with Crippen LogP contribution in [0.3, 0.4) is 0 Å². The lowest BCUT2D eigenvalue weighted by atomic mass is 10.2. The number of thioether (sulfide) groups is 1. The second kappa shape index (κ2) is 5.37. The van der Waals surface area contributed by atoms with Crippen molar-refractivity contribution in [3.63, 3.8) is 0 Å². The molecule has 0 saturated carbocycles. The molecule has 0 aliphatic carbocycles. The van der Waals surface area contributed by atoms with Crippen molar-refractivity contribution < 1.29 is 8.42 Å². The summed E-state index contributed by atoms with van der Waals surface area (Å²) < 4.78 is 22.6. The Morgan fingerprint density at radius 3 is 2.60 bits per heavy atom. The number of benzene rings is 1. The molecule has 0 aromatic heterocycles. The maximum absolute atomic E-state index is 11.3. The molecule has 1 aromatic rings. The van der Waals surface area contributed by atoms with Crippen LogP contribution in [0, 0.1) is 0 Å². The van der Waals surface area contributed by atoms with Crippen molar-refractivity contribution in [3.05, 3.63) is 35.2 Å². The summed E-state index contributed by atoms with van der Waals surface area (Å²) in [7, 11) is -3.03. The molecule has 82 valence electrons. The SMILES string of the molecule is CCS(=O)(=O)/C=C/c1ccccc1SC. The van der Waals surface area contributed by atoms with Crippen molar-refractivity contribution in [3.8, 4) is 0 Å². The van der Waals surface area contributed by atoms with E-state index in [1.807, 2.05) is 30.5 Å². The maximum Gasteiger partial charge on any atom is 0.171 e. The summed E-state index contributed by atoms with van der Waals surface area (Å²) >= 11 is 1.61. The first kappa shape index (κ1) is 12.3. The van der Waals surface area contributed by atoms with Gasteiger partial charge in [0.05, 0.1) is 5.75 Å². The van der Waals surface area contributed by atoms with E-state index in [0.717, 1.165) is 10.5 Å². The molecule has 0 bridgehead atoms. The first-order valence-electron chi connectivity index (χ1n) is 4.63. The van der Waals surface area contributed by atoms with Gasteiger partial charge in [-0.15, -0.1) is 11.8 Å². The monoisotopic (exact) mass is 242 g/mol. The quantitative estimate of drug-likeness (QED) is 0.761. The molecule has 0 N–H and O–H groups in total. The molecule has 0 saturated heterocycles. The Labute approximate surface area is 95.3 Å². The van der Waals surface area contributed by atoms with Gasteiger partial charge >= 0.3 is 0 Å². The Balaban J connectivity index is 2.99. The molecule has 0 heterocycles. The highest BCUT2D eigenvalue weighted by atomic mass is 32.2. The van der Waals surface area contributed by atoms with E-state index in [0.29, 0.717) is 0 Å². The van der Waals surface area contributed by atoms with Gasteiger partial charge in [-0.2, -0.15) is 0 Å². The van der Waals surface area contributed by atoms with Crippen molar-refractivity contribution in [1.29, 1.82) is 0 Å². The normalized spacial score (nSPS) is 12.1. The predicted molar refractivity (Wildman–Crippen MR) is 66.7 cm³/mol. The molecule has 1 rings (SSSR count). The molecule has 0 aliphatic heterocycles. The van der Waals surface area contributed by atoms with E-state index in [1.165, 1.54) is 5.41 Å². The molecular weight excluding hydrogens is 228 g/mol. The van der Waals surface area contributed by atoms with Crippen molar-refractivity contribution in [2.75, 3.05) is 12.0 Å². The van der Waals surface area contributed by atoms with Crippen LogP contribution in [0.2, 0.25) is 0 Å². The van der Waals surface area contributed by atoms with E-state index >= 15 is 0 Å². The van der Waals surface area contributed by atoms with Gasteiger partial charge in [-0.3, -0.25) is 0 Å². The fraction of sp³-hybridized carbons (Fsp3) is 0.273. The average Bonchev–Trinajstić information content (AvgIpc) is 2.27. The highest BCUT2D eigenvalue weighted by molar-refractivity contribution is 7.98. The number of rotatable bonds is 4. The summed E-state index contributed by atoms with van der Waals surface area (Å²) in [6.45, 7) is 1.64. The van der Waals surface area contributed by atoms with E-state index in [1.54, 1.807) is 24.8 Å². The zero-order chi connectivity index (χ0) is 11.3. The van der Waals surface area contributed by atoms with Crippen LogP contribution in [0.25, 0.3) is 6.08 Å². The van der Waals surface area contributed by atoms with E-state index in [9.17, 15) is 8.42 Å². The third-order valence-electron chi connectivity index (χ3n) is 2.00. The second-order valence-corrected chi connectivity index (χ2v) is 6.02. The fourth-order valence-corrected chi connectivity index (χ4v) is 2.21. The van der Waals surface area contributed by atoms with Crippen LogP contribution in [0.5, 0.6) is 0 Å². The zero-order valence-electron chi connectivity index (χ0n) is 8.80. The fourth-order valence-electron chi connectivity index (χ4n) is 1.08. The Morgan fingerprint density at radius 1 is 1.33 bits per heavy atom. The average molecular weight is 242 g/mol. The molecule has 0 aliphatic rings. The molecule has 0 atom stereocenters. The molecular formula is C11H14O2S2. The summed E-state index contributed by atoms with van der Waals surface area (Å²) in [5.74, 6) is 0.144. The van der Waals surface area contributed by atoms with Gasteiger partial charge in [-0.05, 0) is 24.0 Å². The van der Waals surface area contributed by atoms with Crippen LogP contribution >= 0.6 is 11.8 Å². The molecule has 0 unspecified atom stereocenters. The highest BCUT2D eigenvalue weighted by Gasteiger charge is 2.01. The molecule has 0 amide bonds. The van der Waals surface area contributed by atoms with Crippen molar-refractivity contribution in [2.24, 2.45) is 0 Å². The first-order chi connectivity index (χ1) is 7.09. The largest absolute Gasteiger partial charge is 0.224 e. The Hall–Kier alpha value is -0.740. The molecule has 4 heteroatoms. The summed E-state index contributed by atoms with van der Waals surface area (Å²) in [5, 5.41) is 1.28. The Kier molecular flexibility index (Phi) is 4.42. The van der Waals surface area contributed by atoms with Crippen LogP contribution in [0.15, 0.2) is 34.6 Å². The highest BCUT2D eigenvalue weighted by Crippen LogP contribution is 2.21. The molecule has 2 nitrogen and oxygen atoms in total. The Bertz CT molecular complexity index is 447. The minimum absolute atomic E-state index is 0.144. The predicted octanol–water partition coefficient (Wildman–Crippen LogP) is 2.81. The third-order valence-corrected chi connectivity index (χ3v) is 4.16. The van der Waals surface area contributed by atoms with E-state index in [2.05, 4.69) is 0 Å². The van der Waals surface area contributed by atoms with Gasteiger partial charge in [-0.25, -0.2) is 8.42 Å². The summed E-state index contributed by atoms with van der Waals surface area (Å²) in [6.07, 6.45) is 3.63. The topological polar surface area (TPSA) is 34.1 Å². The van der Waals surface area contributed by atoms with Crippen LogP contribution in [0.1, 0.15) is 12.5 Å². The number of hydrogen-bond acceptors (Lipinski definition) is 3. The lowest BCUT2D eigenvalue weighted by Gasteiger charge is -2.01. The van der Waals surface area contributed by atoms with Crippen molar-refractivity contribution in [1.82, 2.24) is 0 Å². The van der Waals surface area contributed by atoms with Gasteiger partial charge in [0.25, 0.3) is 0 Å². The molecule has 0 spiro atoms. The lowest BCUT2D eigenvalue weighted by molar-refractivity contribution is 0.606. The molecule has 15 heavy (non-hydrogen) atoms. The van der Waals surface area contributed by atoms with Gasteiger partial charge in [0.1, 0.15) is 0 Å². The number of hydrogen-bond donors (Lipinski definition) is 0. The minimum Gasteiger partial charge on any atom is -0.224 e. The second-order valence-electron chi connectivity index (χ2n) is 3.00. The Morgan fingerprint density at radius 2 is 2.00 bits per heavy atom. The maximum atomic E-state index is 11.3. The van der Waals surface area contributed by atoms with Gasteiger partial charge in [-0.1, -0.05) is 25.1 Å². The first-order valence-corrected chi connectivity index (χ1v) is 7.57.